The van der Waals surface area contributed by atoms with E-state index in [1.165, 1.54) is 0 Å². The van der Waals surface area contributed by atoms with Crippen LogP contribution >= 0.6 is 0 Å². The van der Waals surface area contributed by atoms with E-state index in [0.717, 1.165) is 25.9 Å². The molecule has 2 amide bonds. The van der Waals surface area contributed by atoms with Gasteiger partial charge in [-0.2, -0.15) is 0 Å². The van der Waals surface area contributed by atoms with Crippen LogP contribution in [0.1, 0.15) is 67.7 Å². The number of nitrogens with one attached hydrogen (secondary N) is 1. The molecule has 1 saturated heterocycles. The van der Waals surface area contributed by atoms with Crippen LogP contribution in [0.25, 0.3) is 0 Å². The molecule has 2 fully saturated rings. The number of rotatable bonds is 4. The molecule has 1 N–H and O–H groups in total. The summed E-state index contributed by atoms with van der Waals surface area (Å²) in [4.78, 5) is 24.7. The number of likely N-dealkylation sites (tertiary alicyclic amines) is 1. The minimum Gasteiger partial charge on any atom is -0.444 e. The van der Waals surface area contributed by atoms with Crippen molar-refractivity contribution in [1.29, 1.82) is 0 Å². The molecule has 2 rings (SSSR count). The van der Waals surface area contributed by atoms with Crippen LogP contribution < -0.4 is 5.32 Å². The van der Waals surface area contributed by atoms with Gasteiger partial charge in [0.1, 0.15) is 5.60 Å². The van der Waals surface area contributed by atoms with Gasteiger partial charge in [-0.15, -0.1) is 0 Å². The number of hydrogen-bond acceptors (Lipinski definition) is 4. The highest BCUT2D eigenvalue weighted by atomic mass is 16.6. The van der Waals surface area contributed by atoms with Crippen molar-refractivity contribution in [2.75, 3.05) is 26.7 Å². The predicted octanol–water partition coefficient (Wildman–Crippen LogP) is 3.59. The normalized spacial score (nSPS) is 17.8. The third-order valence-corrected chi connectivity index (χ3v) is 3.99. The molecule has 6 heteroatoms. The van der Waals surface area contributed by atoms with E-state index in [0.29, 0.717) is 13.0 Å². The van der Waals surface area contributed by atoms with Crippen LogP contribution in [-0.4, -0.2) is 55.3 Å². The summed E-state index contributed by atoms with van der Waals surface area (Å²) in [5.41, 5.74) is -0.209. The molecular weight excluding hydrogens is 320 g/mol. The van der Waals surface area contributed by atoms with Crippen LogP contribution in [0.4, 0.5) is 4.79 Å². The Morgan fingerprint density at radius 3 is 2.08 bits per heavy atom. The van der Waals surface area contributed by atoms with Gasteiger partial charge in [-0.1, -0.05) is 27.7 Å². The maximum Gasteiger partial charge on any atom is 0.410 e. The summed E-state index contributed by atoms with van der Waals surface area (Å²) in [5.74, 6) is 0.00350. The van der Waals surface area contributed by atoms with E-state index in [1.54, 1.807) is 11.9 Å². The Morgan fingerprint density at radius 2 is 1.64 bits per heavy atom. The van der Waals surface area contributed by atoms with E-state index in [2.05, 4.69) is 5.32 Å². The molecule has 0 aromatic carbocycles. The topological polar surface area (TPSA) is 67.9 Å². The van der Waals surface area contributed by atoms with Crippen LogP contribution in [-0.2, 0) is 14.3 Å². The van der Waals surface area contributed by atoms with Crippen molar-refractivity contribution in [3.8, 4) is 0 Å². The number of amides is 2. The van der Waals surface area contributed by atoms with Gasteiger partial charge < -0.3 is 19.7 Å². The second-order valence-electron chi connectivity index (χ2n) is 7.16. The highest BCUT2D eigenvalue weighted by molar-refractivity contribution is 5.75. The lowest BCUT2D eigenvalue weighted by molar-refractivity contribution is -0.149. The lowest BCUT2D eigenvalue weighted by Gasteiger charge is -2.58. The number of carbonyl (C=O) groups is 2. The standard InChI is InChI=1S/C15H26N2O4.2C2H6/c1-14(2,3)21-13(19)17-9-15(10-17)7-11(8-15)20-6-5-12(18)16-4;2*1-2/h11H,5-10H2,1-4H3,(H,16,18);2*1-2H3. The van der Waals surface area contributed by atoms with Crippen molar-refractivity contribution < 1.29 is 19.1 Å². The third kappa shape index (κ3) is 7.63. The van der Waals surface area contributed by atoms with Gasteiger partial charge in [-0.05, 0) is 33.6 Å². The summed E-state index contributed by atoms with van der Waals surface area (Å²) in [7, 11) is 1.63. The van der Waals surface area contributed by atoms with Crippen molar-refractivity contribution in [2.24, 2.45) is 5.41 Å². The molecule has 0 unspecified atom stereocenters. The zero-order valence-electron chi connectivity index (χ0n) is 17.4. The first-order valence-electron chi connectivity index (χ1n) is 9.53. The monoisotopic (exact) mass is 358 g/mol. The lowest BCUT2D eigenvalue weighted by Crippen LogP contribution is -2.65. The second-order valence-corrected chi connectivity index (χ2v) is 7.16. The van der Waals surface area contributed by atoms with Crippen LogP contribution in [0, 0.1) is 5.41 Å². The van der Waals surface area contributed by atoms with Crippen LogP contribution in [0.2, 0.25) is 0 Å². The van der Waals surface area contributed by atoms with Gasteiger partial charge in [0.2, 0.25) is 5.91 Å². The van der Waals surface area contributed by atoms with Gasteiger partial charge in [0.05, 0.1) is 12.7 Å². The Hall–Kier alpha value is -1.30. The van der Waals surface area contributed by atoms with Crippen molar-refractivity contribution >= 4 is 12.0 Å². The molecule has 0 atom stereocenters. The minimum atomic E-state index is -0.440. The maximum atomic E-state index is 11.9. The van der Waals surface area contributed by atoms with Gasteiger partial charge in [0, 0.05) is 32.0 Å². The average molecular weight is 359 g/mol. The highest BCUT2D eigenvalue weighted by Gasteiger charge is 2.54. The summed E-state index contributed by atoms with van der Waals surface area (Å²) < 4.78 is 11.0. The fraction of sp³-hybridized carbons (Fsp3) is 0.895. The lowest BCUT2D eigenvalue weighted by atomic mass is 9.62. The van der Waals surface area contributed by atoms with Crippen LogP contribution in [0.5, 0.6) is 0 Å². The molecule has 0 aromatic heterocycles. The number of hydrogen-bond donors (Lipinski definition) is 1. The van der Waals surface area contributed by atoms with E-state index in [1.807, 2.05) is 48.5 Å². The van der Waals surface area contributed by atoms with E-state index in [4.69, 9.17) is 9.47 Å². The van der Waals surface area contributed by atoms with Crippen molar-refractivity contribution in [2.45, 2.75) is 79.4 Å². The summed E-state index contributed by atoms with van der Waals surface area (Å²) >= 11 is 0. The van der Waals surface area contributed by atoms with Gasteiger partial charge in [-0.25, -0.2) is 4.79 Å². The molecular formula is C19H38N2O4. The Morgan fingerprint density at radius 1 is 1.12 bits per heavy atom. The van der Waals surface area contributed by atoms with E-state index >= 15 is 0 Å². The second kappa shape index (κ2) is 10.6. The fourth-order valence-electron chi connectivity index (χ4n) is 2.94. The molecule has 0 aromatic rings. The van der Waals surface area contributed by atoms with Crippen molar-refractivity contribution in [3.05, 3.63) is 0 Å². The van der Waals surface area contributed by atoms with E-state index < -0.39 is 5.60 Å². The van der Waals surface area contributed by atoms with Crippen LogP contribution in [0.3, 0.4) is 0 Å². The van der Waals surface area contributed by atoms with Gasteiger partial charge in [-0.3, -0.25) is 4.79 Å². The SMILES string of the molecule is CC.CC.CNC(=O)CCOC1CC2(C1)CN(C(=O)OC(C)(C)C)C2. The molecule has 0 bridgehead atoms. The fourth-order valence-corrected chi connectivity index (χ4v) is 2.94. The molecule has 148 valence electrons. The molecule has 1 aliphatic heterocycles. The van der Waals surface area contributed by atoms with Crippen molar-refractivity contribution in [1.82, 2.24) is 10.2 Å². The molecule has 2 aliphatic rings. The summed E-state index contributed by atoms with van der Waals surface area (Å²) in [6, 6.07) is 0. The summed E-state index contributed by atoms with van der Waals surface area (Å²) in [6.45, 7) is 15.6. The molecule has 1 aliphatic carbocycles. The number of carbonyl (C=O) groups excluding carboxylic acids is 2. The molecule has 1 saturated carbocycles. The number of ether oxygens (including phenoxy) is 2. The first-order chi connectivity index (χ1) is 11.7. The van der Waals surface area contributed by atoms with Gasteiger partial charge >= 0.3 is 6.09 Å². The molecule has 1 spiro atoms. The Labute approximate surface area is 153 Å². The number of nitrogens with zero attached hydrogens (tertiary/aromatic N) is 1. The third-order valence-electron chi connectivity index (χ3n) is 3.99. The minimum absolute atomic E-state index is 0.00350. The predicted molar refractivity (Wildman–Crippen MR) is 101 cm³/mol. The molecule has 6 nitrogen and oxygen atoms in total. The quantitative estimate of drug-likeness (QED) is 0.834. The van der Waals surface area contributed by atoms with Crippen LogP contribution in [0.15, 0.2) is 0 Å². The van der Waals surface area contributed by atoms with Gasteiger partial charge in [0.15, 0.2) is 0 Å². The smallest absolute Gasteiger partial charge is 0.410 e. The Balaban J connectivity index is 0.00000134. The largest absolute Gasteiger partial charge is 0.444 e. The Kier molecular flexibility index (Phi) is 10.1. The molecule has 1 heterocycles. The zero-order chi connectivity index (χ0) is 19.7. The van der Waals surface area contributed by atoms with Crippen molar-refractivity contribution in [3.63, 3.8) is 0 Å². The first kappa shape index (κ1) is 23.7. The van der Waals surface area contributed by atoms with E-state index in [9.17, 15) is 9.59 Å². The first-order valence-corrected chi connectivity index (χ1v) is 9.53. The Bertz CT molecular complexity index is 404. The highest BCUT2D eigenvalue weighted by Crippen LogP contribution is 2.49. The van der Waals surface area contributed by atoms with E-state index in [-0.39, 0.29) is 23.5 Å². The molecule has 0 radical (unpaired) electrons. The average Bonchev–Trinajstić information content (AvgIpc) is 2.49. The summed E-state index contributed by atoms with van der Waals surface area (Å²) in [6.07, 6.45) is 2.36. The van der Waals surface area contributed by atoms with Gasteiger partial charge in [0.25, 0.3) is 0 Å². The summed E-state index contributed by atoms with van der Waals surface area (Å²) in [5, 5.41) is 2.57. The maximum absolute atomic E-state index is 11.9. The zero-order valence-corrected chi connectivity index (χ0v) is 17.4. The molecule has 25 heavy (non-hydrogen) atoms.